The summed E-state index contributed by atoms with van der Waals surface area (Å²) in [5, 5.41) is 5.25. The van der Waals surface area contributed by atoms with Crippen molar-refractivity contribution in [2.45, 2.75) is 12.8 Å². The number of hydrogen-bond donors (Lipinski definition) is 2. The molecule has 0 radical (unpaired) electrons. The van der Waals surface area contributed by atoms with Gasteiger partial charge in [-0.3, -0.25) is 4.79 Å². The first-order chi connectivity index (χ1) is 8.70. The SMILES string of the molecule is CNc1nccc(C(=O)NCCCCOC)c1F. The number of hydrogen-bond acceptors (Lipinski definition) is 4. The molecule has 2 N–H and O–H groups in total. The number of nitrogens with one attached hydrogen (secondary N) is 2. The Morgan fingerprint density at radius 1 is 1.50 bits per heavy atom. The Balaban J connectivity index is 2.51. The molecule has 1 amide bonds. The molecule has 6 heteroatoms. The van der Waals surface area contributed by atoms with Crippen LogP contribution in [0, 0.1) is 5.82 Å². The van der Waals surface area contributed by atoms with E-state index in [1.807, 2.05) is 0 Å². The Labute approximate surface area is 106 Å². The van der Waals surface area contributed by atoms with Crippen LogP contribution in [0.3, 0.4) is 0 Å². The molecule has 0 unspecified atom stereocenters. The van der Waals surface area contributed by atoms with Gasteiger partial charge in [0.25, 0.3) is 5.91 Å². The van der Waals surface area contributed by atoms with E-state index in [1.54, 1.807) is 14.2 Å². The fourth-order valence-corrected chi connectivity index (χ4v) is 1.46. The monoisotopic (exact) mass is 255 g/mol. The lowest BCUT2D eigenvalue weighted by atomic mass is 10.2. The summed E-state index contributed by atoms with van der Waals surface area (Å²) in [6.07, 6.45) is 3.05. The van der Waals surface area contributed by atoms with Crippen molar-refractivity contribution in [3.05, 3.63) is 23.6 Å². The van der Waals surface area contributed by atoms with Gasteiger partial charge >= 0.3 is 0 Å². The lowest BCUT2D eigenvalue weighted by Gasteiger charge is -2.08. The first-order valence-electron chi connectivity index (χ1n) is 5.80. The third kappa shape index (κ3) is 3.96. The van der Waals surface area contributed by atoms with Crippen LogP contribution in [0.5, 0.6) is 0 Å². The van der Waals surface area contributed by atoms with Crippen molar-refractivity contribution in [2.75, 3.05) is 32.6 Å². The van der Waals surface area contributed by atoms with Gasteiger partial charge in [0, 0.05) is 33.5 Å². The molecule has 0 bridgehead atoms. The molecule has 0 aliphatic carbocycles. The van der Waals surface area contributed by atoms with Crippen molar-refractivity contribution in [3.63, 3.8) is 0 Å². The number of anilines is 1. The van der Waals surface area contributed by atoms with Crippen LogP contribution in [-0.4, -0.2) is 38.2 Å². The zero-order valence-corrected chi connectivity index (χ0v) is 10.6. The first-order valence-corrected chi connectivity index (χ1v) is 5.80. The zero-order valence-electron chi connectivity index (χ0n) is 10.6. The number of ether oxygens (including phenoxy) is 1. The fourth-order valence-electron chi connectivity index (χ4n) is 1.46. The van der Waals surface area contributed by atoms with Crippen LogP contribution in [0.15, 0.2) is 12.3 Å². The van der Waals surface area contributed by atoms with E-state index in [9.17, 15) is 9.18 Å². The second kappa shape index (κ2) is 7.60. The van der Waals surface area contributed by atoms with Gasteiger partial charge in [-0.1, -0.05) is 0 Å². The molecule has 1 aromatic rings. The van der Waals surface area contributed by atoms with Crippen molar-refractivity contribution in [2.24, 2.45) is 0 Å². The second-order valence-corrected chi connectivity index (χ2v) is 3.73. The van der Waals surface area contributed by atoms with Gasteiger partial charge in [-0.2, -0.15) is 0 Å². The molecule has 18 heavy (non-hydrogen) atoms. The minimum absolute atomic E-state index is 0.00101. The Morgan fingerprint density at radius 3 is 2.94 bits per heavy atom. The number of unbranched alkanes of at least 4 members (excludes halogenated alkanes) is 1. The molecule has 0 atom stereocenters. The number of pyridine rings is 1. The molecule has 1 rings (SSSR count). The minimum atomic E-state index is -0.630. The Morgan fingerprint density at radius 2 is 2.28 bits per heavy atom. The highest BCUT2D eigenvalue weighted by atomic mass is 19.1. The van der Waals surface area contributed by atoms with Crippen LogP contribution in [-0.2, 0) is 4.74 Å². The molecule has 1 aromatic heterocycles. The Bertz CT molecular complexity index is 399. The second-order valence-electron chi connectivity index (χ2n) is 3.73. The molecular weight excluding hydrogens is 237 g/mol. The molecule has 0 spiro atoms. The van der Waals surface area contributed by atoms with Gasteiger partial charge in [-0.15, -0.1) is 0 Å². The largest absolute Gasteiger partial charge is 0.385 e. The van der Waals surface area contributed by atoms with Crippen LogP contribution in [0.1, 0.15) is 23.2 Å². The normalized spacial score (nSPS) is 10.2. The summed E-state index contributed by atoms with van der Waals surface area (Å²) in [5.41, 5.74) is 0.00101. The topological polar surface area (TPSA) is 63.2 Å². The van der Waals surface area contributed by atoms with Crippen molar-refractivity contribution < 1.29 is 13.9 Å². The zero-order chi connectivity index (χ0) is 13.4. The predicted octanol–water partition coefficient (Wildman–Crippen LogP) is 1.42. The number of carbonyl (C=O) groups excluding carboxylic acids is 1. The minimum Gasteiger partial charge on any atom is -0.385 e. The third-order valence-corrected chi connectivity index (χ3v) is 2.43. The number of halogens is 1. The Kier molecular flexibility index (Phi) is 6.07. The van der Waals surface area contributed by atoms with E-state index in [0.717, 1.165) is 12.8 Å². The van der Waals surface area contributed by atoms with E-state index in [4.69, 9.17) is 4.74 Å². The number of rotatable bonds is 7. The van der Waals surface area contributed by atoms with E-state index in [1.165, 1.54) is 12.3 Å². The van der Waals surface area contributed by atoms with E-state index in [2.05, 4.69) is 15.6 Å². The van der Waals surface area contributed by atoms with Crippen LogP contribution in [0.25, 0.3) is 0 Å². The maximum atomic E-state index is 13.7. The molecule has 0 aliphatic heterocycles. The van der Waals surface area contributed by atoms with Crippen LogP contribution >= 0.6 is 0 Å². The number of methoxy groups -OCH3 is 1. The quantitative estimate of drug-likeness (QED) is 0.723. The van der Waals surface area contributed by atoms with E-state index >= 15 is 0 Å². The van der Waals surface area contributed by atoms with Gasteiger partial charge < -0.3 is 15.4 Å². The number of carbonyl (C=O) groups is 1. The van der Waals surface area contributed by atoms with E-state index < -0.39 is 11.7 Å². The average molecular weight is 255 g/mol. The maximum absolute atomic E-state index is 13.7. The first kappa shape index (κ1) is 14.4. The summed E-state index contributed by atoms with van der Waals surface area (Å²) in [5.74, 6) is -0.986. The fraction of sp³-hybridized carbons (Fsp3) is 0.500. The molecule has 0 aromatic carbocycles. The maximum Gasteiger partial charge on any atom is 0.254 e. The molecule has 0 aliphatic rings. The van der Waals surface area contributed by atoms with Crippen LogP contribution in [0.4, 0.5) is 10.2 Å². The number of amides is 1. The van der Waals surface area contributed by atoms with Crippen molar-refractivity contribution in [3.8, 4) is 0 Å². The lowest BCUT2D eigenvalue weighted by Crippen LogP contribution is -2.26. The standard InChI is InChI=1S/C12H18FN3O2/c1-14-11-10(13)9(5-7-15-11)12(17)16-6-3-4-8-18-2/h5,7H,3-4,6,8H2,1-2H3,(H,14,15)(H,16,17). The molecule has 0 fully saturated rings. The van der Waals surface area contributed by atoms with Gasteiger partial charge in [0.1, 0.15) is 0 Å². The molecule has 1 heterocycles. The molecule has 0 saturated heterocycles. The highest BCUT2D eigenvalue weighted by molar-refractivity contribution is 5.95. The number of nitrogens with zero attached hydrogens (tertiary/aromatic N) is 1. The lowest BCUT2D eigenvalue weighted by molar-refractivity contribution is 0.0947. The van der Waals surface area contributed by atoms with E-state index in [-0.39, 0.29) is 11.4 Å². The highest BCUT2D eigenvalue weighted by Gasteiger charge is 2.14. The van der Waals surface area contributed by atoms with Gasteiger partial charge in [0.2, 0.25) is 0 Å². The molecule has 0 saturated carbocycles. The Hall–Kier alpha value is -1.69. The number of aromatic nitrogens is 1. The van der Waals surface area contributed by atoms with Gasteiger partial charge in [0.05, 0.1) is 5.56 Å². The van der Waals surface area contributed by atoms with Gasteiger partial charge in [-0.25, -0.2) is 9.37 Å². The summed E-state index contributed by atoms with van der Waals surface area (Å²) in [4.78, 5) is 15.5. The van der Waals surface area contributed by atoms with Crippen molar-refractivity contribution >= 4 is 11.7 Å². The van der Waals surface area contributed by atoms with E-state index in [0.29, 0.717) is 13.2 Å². The summed E-state index contributed by atoms with van der Waals surface area (Å²) in [6, 6.07) is 1.36. The summed E-state index contributed by atoms with van der Waals surface area (Å²) >= 11 is 0. The predicted molar refractivity (Wildman–Crippen MR) is 67.2 cm³/mol. The van der Waals surface area contributed by atoms with Crippen LogP contribution < -0.4 is 10.6 Å². The van der Waals surface area contributed by atoms with Crippen molar-refractivity contribution in [1.82, 2.24) is 10.3 Å². The summed E-state index contributed by atoms with van der Waals surface area (Å²) in [7, 11) is 3.18. The van der Waals surface area contributed by atoms with Gasteiger partial charge in [0.15, 0.2) is 11.6 Å². The summed E-state index contributed by atoms with van der Waals surface area (Å²) < 4.78 is 18.6. The summed E-state index contributed by atoms with van der Waals surface area (Å²) in [6.45, 7) is 1.15. The molecule has 5 nitrogen and oxygen atoms in total. The van der Waals surface area contributed by atoms with Crippen LogP contribution in [0.2, 0.25) is 0 Å². The van der Waals surface area contributed by atoms with Crippen molar-refractivity contribution in [1.29, 1.82) is 0 Å². The molecular formula is C12H18FN3O2. The van der Waals surface area contributed by atoms with Gasteiger partial charge in [-0.05, 0) is 18.9 Å². The average Bonchev–Trinajstić information content (AvgIpc) is 2.38. The smallest absolute Gasteiger partial charge is 0.254 e. The third-order valence-electron chi connectivity index (χ3n) is 2.43. The highest BCUT2D eigenvalue weighted by Crippen LogP contribution is 2.14. The molecule has 100 valence electrons.